The van der Waals surface area contributed by atoms with Gasteiger partial charge in [-0.15, -0.1) is 5.10 Å². The minimum Gasteiger partial charge on any atom is -0.398 e. The number of fused-ring (bicyclic) bond motifs is 1. The van der Waals surface area contributed by atoms with Crippen LogP contribution in [-0.2, 0) is 18.5 Å². The smallest absolute Gasteiger partial charge is 0.263 e. The van der Waals surface area contributed by atoms with Crippen LogP contribution in [-0.4, -0.2) is 29.8 Å². The fraction of sp³-hybridized carbons (Fsp3) is 0.114. The van der Waals surface area contributed by atoms with E-state index in [-0.39, 0.29) is 5.56 Å². The van der Waals surface area contributed by atoms with Gasteiger partial charge in [0.25, 0.3) is 5.56 Å². The van der Waals surface area contributed by atoms with Gasteiger partial charge in [0.05, 0.1) is 17.4 Å². The van der Waals surface area contributed by atoms with E-state index in [1.165, 1.54) is 0 Å². The molecular weight excluding hydrogens is 643 g/mol. The second-order valence-electron chi connectivity index (χ2n) is 12.9. The summed E-state index contributed by atoms with van der Waals surface area (Å²) in [5.41, 5.74) is 13.3. The van der Waals surface area contributed by atoms with E-state index in [0.717, 1.165) is 51.2 Å². The van der Waals surface area contributed by atoms with Gasteiger partial charge in [-0.1, -0.05) is 153 Å². The number of tetrazole rings is 1. The van der Waals surface area contributed by atoms with Crippen molar-refractivity contribution in [2.24, 2.45) is 0 Å². The van der Waals surface area contributed by atoms with Crippen molar-refractivity contribution in [1.82, 2.24) is 29.8 Å². The molecule has 2 N–H and O–H groups in total. The Kier molecular flexibility index (Phi) is 8.71. The van der Waals surface area contributed by atoms with E-state index < -0.39 is 5.54 Å². The maximum atomic E-state index is 13.8. The highest BCUT2D eigenvalue weighted by Gasteiger charge is 2.42. The van der Waals surface area contributed by atoms with E-state index >= 15 is 0 Å². The van der Waals surface area contributed by atoms with Crippen molar-refractivity contribution in [3.05, 3.63) is 196 Å². The molecule has 0 atom stereocenters. The number of anilines is 1. The molecule has 6 aromatic carbocycles. The number of nitrogens with two attached hydrogens (primary N) is 1. The lowest BCUT2D eigenvalue weighted by Crippen LogP contribution is -2.39. The lowest BCUT2D eigenvalue weighted by molar-refractivity contribution is 0.451. The third-order valence-electron chi connectivity index (χ3n) is 9.70. The van der Waals surface area contributed by atoms with E-state index in [1.54, 1.807) is 10.6 Å². The molecule has 8 rings (SSSR count). The van der Waals surface area contributed by atoms with Gasteiger partial charge in [-0.3, -0.25) is 9.36 Å². The van der Waals surface area contributed by atoms with Gasteiger partial charge in [0.2, 0.25) is 0 Å². The van der Waals surface area contributed by atoms with Crippen LogP contribution in [0, 0.1) is 0 Å². The molecule has 0 bridgehead atoms. The van der Waals surface area contributed by atoms with Gasteiger partial charge in [0.15, 0.2) is 5.82 Å². The first kappa shape index (κ1) is 32.5. The molecule has 0 aliphatic rings. The van der Waals surface area contributed by atoms with E-state index in [0.29, 0.717) is 35.4 Å². The molecule has 0 spiro atoms. The third-order valence-corrected chi connectivity index (χ3v) is 9.70. The van der Waals surface area contributed by atoms with Gasteiger partial charge < -0.3 is 5.73 Å². The van der Waals surface area contributed by atoms with Crippen LogP contribution in [0.25, 0.3) is 33.4 Å². The van der Waals surface area contributed by atoms with Gasteiger partial charge in [0.1, 0.15) is 11.4 Å². The normalized spacial score (nSPS) is 11.6. The summed E-state index contributed by atoms with van der Waals surface area (Å²) in [6.45, 7) is 2.48. The van der Waals surface area contributed by atoms with Crippen LogP contribution < -0.4 is 11.3 Å². The van der Waals surface area contributed by atoms with E-state index in [9.17, 15) is 4.79 Å². The van der Waals surface area contributed by atoms with E-state index in [2.05, 4.69) is 121 Å². The number of hydrogen-bond acceptors (Lipinski definition) is 6. The fourth-order valence-corrected chi connectivity index (χ4v) is 7.30. The van der Waals surface area contributed by atoms with Gasteiger partial charge in [0, 0.05) is 17.7 Å². The molecule has 8 nitrogen and oxygen atoms in total. The number of rotatable bonds is 10. The fourth-order valence-electron chi connectivity index (χ4n) is 7.30. The zero-order valence-corrected chi connectivity index (χ0v) is 28.8. The standard InChI is InChI=1S/C44H37N7O/c1-2-15-40-46-39-25-14-24-38(45)41(39)43(52)50(40)30-31-26-28-32(29-27-31)36-22-12-13-23-37(36)42-47-48-49-51(42)44(33-16-6-3-7-17-33,34-18-8-4-9-19-34)35-20-10-5-11-21-35/h3-14,16-29H,2,15,30,45H2,1H3. The van der Waals surface area contributed by atoms with Gasteiger partial charge in [-0.25, -0.2) is 9.67 Å². The number of aromatic nitrogens is 6. The quantitative estimate of drug-likeness (QED) is 0.116. The molecule has 0 saturated carbocycles. The SMILES string of the molecule is CCCc1nc2cccc(N)c2c(=O)n1Cc1ccc(-c2ccccc2-c2nnnn2C(c2ccccc2)(c2ccccc2)c2ccccc2)cc1. The summed E-state index contributed by atoms with van der Waals surface area (Å²) < 4.78 is 3.72. The summed E-state index contributed by atoms with van der Waals surface area (Å²) in [4.78, 5) is 18.6. The zero-order valence-electron chi connectivity index (χ0n) is 28.8. The number of nitrogens with zero attached hydrogens (tertiary/aromatic N) is 6. The Labute approximate surface area is 301 Å². The summed E-state index contributed by atoms with van der Waals surface area (Å²) in [5.74, 6) is 1.39. The number of benzene rings is 6. The molecule has 2 heterocycles. The average Bonchev–Trinajstić information content (AvgIpc) is 3.68. The van der Waals surface area contributed by atoms with Crippen molar-refractivity contribution in [2.75, 3.05) is 5.73 Å². The van der Waals surface area contributed by atoms with Crippen molar-refractivity contribution < 1.29 is 0 Å². The molecule has 0 saturated heterocycles. The summed E-state index contributed by atoms with van der Waals surface area (Å²) in [5, 5.41) is 14.2. The van der Waals surface area contributed by atoms with Crippen LogP contribution in [0.5, 0.6) is 0 Å². The summed E-state index contributed by atoms with van der Waals surface area (Å²) >= 11 is 0. The Balaban J connectivity index is 1.24. The van der Waals surface area contributed by atoms with Gasteiger partial charge >= 0.3 is 0 Å². The first-order chi connectivity index (χ1) is 25.6. The molecule has 0 fully saturated rings. The van der Waals surface area contributed by atoms with Crippen molar-refractivity contribution in [3.63, 3.8) is 0 Å². The second-order valence-corrected chi connectivity index (χ2v) is 12.9. The molecule has 254 valence electrons. The Bertz CT molecular complexity index is 2430. The highest BCUT2D eigenvalue weighted by atomic mass is 16.1. The van der Waals surface area contributed by atoms with Gasteiger partial charge in [-0.05, 0) is 62.4 Å². The minimum absolute atomic E-state index is 0.119. The lowest BCUT2D eigenvalue weighted by atomic mass is 9.77. The monoisotopic (exact) mass is 679 g/mol. The van der Waals surface area contributed by atoms with Crippen LogP contribution in [0.2, 0.25) is 0 Å². The third kappa shape index (κ3) is 5.64. The molecule has 8 aromatic rings. The first-order valence-corrected chi connectivity index (χ1v) is 17.5. The van der Waals surface area contributed by atoms with Crippen LogP contribution in [0.3, 0.4) is 0 Å². The minimum atomic E-state index is -0.875. The van der Waals surface area contributed by atoms with Crippen molar-refractivity contribution in [1.29, 1.82) is 0 Å². The molecular formula is C44H37N7O. The summed E-state index contributed by atoms with van der Waals surface area (Å²) in [7, 11) is 0. The molecule has 0 radical (unpaired) electrons. The lowest BCUT2D eigenvalue weighted by Gasteiger charge is -2.36. The molecule has 0 aliphatic heterocycles. The zero-order chi connectivity index (χ0) is 35.5. The molecule has 0 aliphatic carbocycles. The van der Waals surface area contributed by atoms with E-state index in [1.807, 2.05) is 47.1 Å². The van der Waals surface area contributed by atoms with Crippen molar-refractivity contribution >= 4 is 16.6 Å². The molecule has 52 heavy (non-hydrogen) atoms. The predicted molar refractivity (Wildman–Crippen MR) is 207 cm³/mol. The van der Waals surface area contributed by atoms with Crippen LogP contribution >= 0.6 is 0 Å². The second kappa shape index (κ2) is 13.9. The number of nitrogen functional groups attached to an aromatic ring is 1. The number of aryl methyl sites for hydroxylation is 1. The van der Waals surface area contributed by atoms with Gasteiger partial charge in [-0.2, -0.15) is 0 Å². The average molecular weight is 680 g/mol. The van der Waals surface area contributed by atoms with Crippen LogP contribution in [0.15, 0.2) is 163 Å². The van der Waals surface area contributed by atoms with Crippen LogP contribution in [0.4, 0.5) is 5.69 Å². The Morgan fingerprint density at radius 1 is 0.654 bits per heavy atom. The highest BCUT2D eigenvalue weighted by Crippen LogP contribution is 2.43. The van der Waals surface area contributed by atoms with Crippen molar-refractivity contribution in [3.8, 4) is 22.5 Å². The number of hydrogen-bond donors (Lipinski definition) is 1. The maximum Gasteiger partial charge on any atom is 0.263 e. The Morgan fingerprint density at radius 2 is 1.23 bits per heavy atom. The van der Waals surface area contributed by atoms with Crippen molar-refractivity contribution in [2.45, 2.75) is 31.8 Å². The molecule has 0 amide bonds. The topological polar surface area (TPSA) is 105 Å². The Hall–Kier alpha value is -6.67. The molecule has 2 aromatic heterocycles. The molecule has 0 unspecified atom stereocenters. The summed E-state index contributed by atoms with van der Waals surface area (Å²) in [6, 6.07) is 53.1. The maximum absolute atomic E-state index is 13.8. The first-order valence-electron chi connectivity index (χ1n) is 17.5. The predicted octanol–water partition coefficient (Wildman–Crippen LogP) is 8.14. The highest BCUT2D eigenvalue weighted by molar-refractivity contribution is 5.89. The molecule has 8 heteroatoms. The largest absolute Gasteiger partial charge is 0.398 e. The Morgan fingerprint density at radius 3 is 1.83 bits per heavy atom. The van der Waals surface area contributed by atoms with E-state index in [4.69, 9.17) is 21.0 Å². The summed E-state index contributed by atoms with van der Waals surface area (Å²) in [6.07, 6.45) is 1.56. The van der Waals surface area contributed by atoms with Crippen LogP contribution in [0.1, 0.15) is 41.4 Å².